The van der Waals surface area contributed by atoms with Crippen LogP contribution in [0.15, 0.2) is 47.6 Å². The quantitative estimate of drug-likeness (QED) is 0.563. The number of aromatic nitrogens is 3. The number of nitrogens with one attached hydrogen (secondary N) is 1. The molecule has 2 aliphatic heterocycles. The third-order valence-electron chi connectivity index (χ3n) is 5.58. The SMILES string of the molecule is Cc1cc2cc(n1)-c1cnn(C)c1OCCCC(O)CN1/C(=N/C2=O)Nc2ccccc21. The minimum atomic E-state index is -0.618. The van der Waals surface area contributed by atoms with E-state index in [2.05, 4.69) is 20.4 Å². The number of carbonyl (C=O) groups excluding carboxylic acids is 1. The Hall–Kier alpha value is -3.72. The van der Waals surface area contributed by atoms with Crippen LogP contribution in [-0.2, 0) is 7.05 Å². The predicted molar refractivity (Wildman–Crippen MR) is 121 cm³/mol. The number of aliphatic hydroxyl groups excluding tert-OH is 1. The number of pyridine rings is 1. The highest BCUT2D eigenvalue weighted by atomic mass is 16.5. The summed E-state index contributed by atoms with van der Waals surface area (Å²) in [6.45, 7) is 2.58. The van der Waals surface area contributed by atoms with E-state index in [0.29, 0.717) is 60.3 Å². The van der Waals surface area contributed by atoms with E-state index in [-0.39, 0.29) is 0 Å². The Morgan fingerprint density at radius 1 is 1.25 bits per heavy atom. The van der Waals surface area contributed by atoms with Crippen molar-refractivity contribution in [2.45, 2.75) is 25.9 Å². The van der Waals surface area contributed by atoms with Gasteiger partial charge >= 0.3 is 0 Å². The van der Waals surface area contributed by atoms with Crippen molar-refractivity contribution in [1.29, 1.82) is 0 Å². The van der Waals surface area contributed by atoms with E-state index in [9.17, 15) is 9.90 Å². The first-order chi connectivity index (χ1) is 15.5. The van der Waals surface area contributed by atoms with Crippen LogP contribution >= 0.6 is 0 Å². The van der Waals surface area contributed by atoms with Gasteiger partial charge in [0.1, 0.15) is 0 Å². The van der Waals surface area contributed by atoms with Crippen molar-refractivity contribution < 1.29 is 14.6 Å². The first-order valence-electron chi connectivity index (χ1n) is 10.6. The molecule has 0 saturated heterocycles. The molecule has 0 spiro atoms. The molecule has 0 aliphatic carbocycles. The molecule has 3 aromatic rings. The number of rotatable bonds is 0. The first-order valence-corrected chi connectivity index (χ1v) is 10.6. The van der Waals surface area contributed by atoms with Gasteiger partial charge in [-0.1, -0.05) is 12.1 Å². The Labute approximate surface area is 185 Å². The summed E-state index contributed by atoms with van der Waals surface area (Å²) in [7, 11) is 1.80. The molecule has 2 bridgehead atoms. The molecule has 0 radical (unpaired) electrons. The van der Waals surface area contributed by atoms with Crippen molar-refractivity contribution in [1.82, 2.24) is 14.8 Å². The molecule has 1 atom stereocenters. The number of para-hydroxylation sites is 2. The molecule has 5 rings (SSSR count). The second-order valence-electron chi connectivity index (χ2n) is 8.01. The Balaban J connectivity index is 1.60. The minimum Gasteiger partial charge on any atom is -0.477 e. The zero-order valence-electron chi connectivity index (χ0n) is 17.9. The van der Waals surface area contributed by atoms with Crippen LogP contribution < -0.4 is 15.0 Å². The molecule has 1 amide bonds. The summed E-state index contributed by atoms with van der Waals surface area (Å²) >= 11 is 0. The first kappa shape index (κ1) is 20.2. The lowest BCUT2D eigenvalue weighted by Crippen LogP contribution is -2.37. The molecule has 1 aromatic carbocycles. The number of aliphatic imine (C=N–C) groups is 1. The van der Waals surface area contributed by atoms with Crippen LogP contribution in [0.2, 0.25) is 0 Å². The van der Waals surface area contributed by atoms with E-state index in [4.69, 9.17) is 4.74 Å². The van der Waals surface area contributed by atoms with Gasteiger partial charge < -0.3 is 20.1 Å². The van der Waals surface area contributed by atoms with E-state index in [1.165, 1.54) is 0 Å². The Morgan fingerprint density at radius 3 is 2.97 bits per heavy atom. The van der Waals surface area contributed by atoms with Gasteiger partial charge in [-0.25, -0.2) is 4.68 Å². The number of amides is 1. The van der Waals surface area contributed by atoms with Crippen LogP contribution in [0.5, 0.6) is 5.88 Å². The molecule has 4 heterocycles. The predicted octanol–water partition coefficient (Wildman–Crippen LogP) is 2.75. The monoisotopic (exact) mass is 432 g/mol. The lowest BCUT2D eigenvalue weighted by atomic mass is 10.1. The number of aryl methyl sites for hydroxylation is 2. The third-order valence-corrected chi connectivity index (χ3v) is 5.58. The van der Waals surface area contributed by atoms with E-state index >= 15 is 0 Å². The maximum atomic E-state index is 13.2. The molecule has 2 N–H and O–H groups in total. The van der Waals surface area contributed by atoms with Crippen molar-refractivity contribution in [3.05, 3.63) is 53.9 Å². The largest absolute Gasteiger partial charge is 0.477 e. The fourth-order valence-corrected chi connectivity index (χ4v) is 4.04. The number of aliphatic hydroxyl groups is 1. The van der Waals surface area contributed by atoms with Gasteiger partial charge in [0, 0.05) is 18.3 Å². The summed E-state index contributed by atoms with van der Waals surface area (Å²) in [6, 6.07) is 11.1. The topological polar surface area (TPSA) is 105 Å². The number of nitrogens with zero attached hydrogens (tertiary/aromatic N) is 5. The molecule has 9 heteroatoms. The van der Waals surface area contributed by atoms with Gasteiger partial charge in [0.25, 0.3) is 5.91 Å². The van der Waals surface area contributed by atoms with Crippen LogP contribution in [0, 0.1) is 6.92 Å². The highest BCUT2D eigenvalue weighted by molar-refractivity contribution is 6.19. The van der Waals surface area contributed by atoms with E-state index in [1.807, 2.05) is 36.1 Å². The molecule has 2 aromatic heterocycles. The van der Waals surface area contributed by atoms with Gasteiger partial charge in [-0.3, -0.25) is 9.78 Å². The summed E-state index contributed by atoms with van der Waals surface area (Å²) in [5.74, 6) is 0.584. The Morgan fingerprint density at radius 2 is 2.09 bits per heavy atom. The van der Waals surface area contributed by atoms with Crippen LogP contribution in [0.1, 0.15) is 28.9 Å². The lowest BCUT2D eigenvalue weighted by Gasteiger charge is -2.22. The summed E-state index contributed by atoms with van der Waals surface area (Å²) in [5, 5.41) is 18.2. The molecular formula is C23H24N6O3. The van der Waals surface area contributed by atoms with Crippen LogP contribution in [0.4, 0.5) is 11.4 Å². The van der Waals surface area contributed by atoms with E-state index < -0.39 is 12.0 Å². The van der Waals surface area contributed by atoms with Crippen LogP contribution in [0.3, 0.4) is 0 Å². The smallest absolute Gasteiger partial charge is 0.280 e. The zero-order valence-corrected chi connectivity index (χ0v) is 17.9. The number of carbonyl (C=O) groups is 1. The van der Waals surface area contributed by atoms with Gasteiger partial charge in [-0.2, -0.15) is 10.1 Å². The number of anilines is 2. The van der Waals surface area contributed by atoms with Crippen molar-refractivity contribution >= 4 is 23.2 Å². The maximum absolute atomic E-state index is 13.2. The molecule has 0 fully saturated rings. The highest BCUT2D eigenvalue weighted by Gasteiger charge is 2.28. The molecule has 1 unspecified atom stereocenters. The standard InChI is InChI=1S/C23H24N6O3/c1-14-10-15-11-19(25-14)17-12-24-28(2)22(17)32-9-5-6-16(30)13-29-20-8-4-3-7-18(20)26-23(29)27-21(15)31/h3-4,7-8,10-12,16,30H,5-6,9,13H2,1-2H3,(H,26,27,31). The van der Waals surface area contributed by atoms with Gasteiger partial charge in [0.05, 0.1) is 48.1 Å². The molecule has 0 saturated carbocycles. The maximum Gasteiger partial charge on any atom is 0.280 e. The number of benzene rings is 1. The average Bonchev–Trinajstić information content (AvgIpc) is 3.30. The number of hydrogen-bond donors (Lipinski definition) is 2. The summed E-state index contributed by atoms with van der Waals surface area (Å²) in [4.78, 5) is 24.0. The van der Waals surface area contributed by atoms with Crippen molar-refractivity contribution in [2.24, 2.45) is 12.0 Å². The van der Waals surface area contributed by atoms with Crippen molar-refractivity contribution in [3.8, 4) is 17.1 Å². The second-order valence-corrected chi connectivity index (χ2v) is 8.01. The fourth-order valence-electron chi connectivity index (χ4n) is 4.04. The van der Waals surface area contributed by atoms with Gasteiger partial charge in [-0.05, 0) is 44.0 Å². The van der Waals surface area contributed by atoms with Gasteiger partial charge in [-0.15, -0.1) is 0 Å². The number of hydrogen-bond acceptors (Lipinski definition) is 7. The van der Waals surface area contributed by atoms with Crippen LogP contribution in [0.25, 0.3) is 11.3 Å². The third kappa shape index (κ3) is 3.71. The second kappa shape index (κ2) is 8.08. The average molecular weight is 432 g/mol. The molecule has 164 valence electrons. The van der Waals surface area contributed by atoms with E-state index in [1.54, 1.807) is 30.1 Å². The minimum absolute atomic E-state index is 0.313. The molecule has 32 heavy (non-hydrogen) atoms. The Kier molecular flexibility index (Phi) is 5.10. The van der Waals surface area contributed by atoms with Crippen LogP contribution in [-0.4, -0.2) is 51.0 Å². The number of ether oxygens (including phenoxy) is 1. The van der Waals surface area contributed by atoms with Gasteiger partial charge in [0.15, 0.2) is 0 Å². The molecule has 2 aliphatic rings. The summed E-state index contributed by atoms with van der Waals surface area (Å²) in [6.07, 6.45) is 2.26. The molecule has 9 nitrogen and oxygen atoms in total. The zero-order chi connectivity index (χ0) is 22.2. The summed E-state index contributed by atoms with van der Waals surface area (Å²) in [5.41, 5.74) is 4.15. The van der Waals surface area contributed by atoms with Crippen molar-refractivity contribution in [3.63, 3.8) is 0 Å². The number of fused-ring (bicyclic) bond motifs is 7. The highest BCUT2D eigenvalue weighted by Crippen LogP contribution is 2.33. The van der Waals surface area contributed by atoms with Crippen molar-refractivity contribution in [2.75, 3.05) is 23.4 Å². The molecular weight excluding hydrogens is 408 g/mol. The fraction of sp³-hybridized carbons (Fsp3) is 0.304. The van der Waals surface area contributed by atoms with Gasteiger partial charge in [0.2, 0.25) is 11.8 Å². The normalized spacial score (nSPS) is 20.0. The number of guanidine groups is 1. The Bertz CT molecular complexity index is 1220. The van der Waals surface area contributed by atoms with E-state index in [0.717, 1.165) is 11.4 Å². The lowest BCUT2D eigenvalue weighted by molar-refractivity contribution is 0.100. The summed E-state index contributed by atoms with van der Waals surface area (Å²) < 4.78 is 7.64.